The van der Waals surface area contributed by atoms with Gasteiger partial charge < -0.3 is 19.6 Å². The fourth-order valence-corrected chi connectivity index (χ4v) is 1.88. The Morgan fingerprint density at radius 3 is 2.44 bits per heavy atom. The largest absolute Gasteiger partial charge is 0.459 e. The predicted molar refractivity (Wildman–Crippen MR) is 70.2 cm³/mol. The number of fused-ring (bicyclic) bond motifs is 1. The van der Waals surface area contributed by atoms with Crippen LogP contribution >= 0.6 is 0 Å². The van der Waals surface area contributed by atoms with Crippen molar-refractivity contribution in [2.24, 2.45) is 5.73 Å². The monoisotopic (exact) mass is 249 g/mol. The topological polar surface area (TPSA) is 57.6 Å². The zero-order valence-electron chi connectivity index (χ0n) is 10.8. The van der Waals surface area contributed by atoms with Crippen molar-refractivity contribution in [3.05, 3.63) is 36.1 Å². The summed E-state index contributed by atoms with van der Waals surface area (Å²) < 4.78 is 16.7. The molecule has 4 nitrogen and oxygen atoms in total. The van der Waals surface area contributed by atoms with Gasteiger partial charge in [0.25, 0.3) is 0 Å². The molecule has 0 saturated heterocycles. The third kappa shape index (κ3) is 2.72. The van der Waals surface area contributed by atoms with E-state index in [4.69, 9.17) is 19.6 Å². The Bertz CT molecular complexity index is 455. The molecule has 0 amide bonds. The van der Waals surface area contributed by atoms with Crippen molar-refractivity contribution in [1.29, 1.82) is 0 Å². The maximum atomic E-state index is 6.13. The number of hydrogen-bond acceptors (Lipinski definition) is 4. The van der Waals surface area contributed by atoms with Crippen LogP contribution in [0, 0.1) is 0 Å². The summed E-state index contributed by atoms with van der Waals surface area (Å²) in [5.41, 5.74) is 6.96. The first-order valence-electron chi connectivity index (χ1n) is 6.23. The standard InChI is InChI=1S/C14H19NO3/c1-3-16-14(17-4-2)13(15)12-9-10-7-5-6-8-11(10)18-12/h5-9,13-14H,3-4,15H2,1-2H3. The fourth-order valence-electron chi connectivity index (χ4n) is 1.88. The van der Waals surface area contributed by atoms with Crippen LogP contribution in [0.4, 0.5) is 0 Å². The van der Waals surface area contributed by atoms with E-state index in [0.717, 1.165) is 11.0 Å². The summed E-state index contributed by atoms with van der Waals surface area (Å²) in [6, 6.07) is 9.33. The van der Waals surface area contributed by atoms with Crippen molar-refractivity contribution < 1.29 is 13.9 Å². The molecule has 4 heteroatoms. The molecule has 0 bridgehead atoms. The second kappa shape index (κ2) is 6.00. The van der Waals surface area contributed by atoms with Crippen molar-refractivity contribution in [2.45, 2.75) is 26.2 Å². The lowest BCUT2D eigenvalue weighted by molar-refractivity contribution is -0.151. The second-order valence-corrected chi connectivity index (χ2v) is 3.99. The maximum Gasteiger partial charge on any atom is 0.179 e. The lowest BCUT2D eigenvalue weighted by Crippen LogP contribution is -2.31. The molecule has 0 aliphatic rings. The first-order valence-corrected chi connectivity index (χ1v) is 6.23. The van der Waals surface area contributed by atoms with Crippen molar-refractivity contribution in [2.75, 3.05) is 13.2 Å². The highest BCUT2D eigenvalue weighted by Gasteiger charge is 2.23. The minimum Gasteiger partial charge on any atom is -0.459 e. The van der Waals surface area contributed by atoms with Gasteiger partial charge in [-0.3, -0.25) is 0 Å². The number of furan rings is 1. The Morgan fingerprint density at radius 1 is 1.17 bits per heavy atom. The van der Waals surface area contributed by atoms with Gasteiger partial charge in [-0.15, -0.1) is 0 Å². The molecule has 2 rings (SSSR count). The molecular weight excluding hydrogens is 230 g/mol. The number of hydrogen-bond donors (Lipinski definition) is 1. The van der Waals surface area contributed by atoms with Crippen LogP contribution in [-0.4, -0.2) is 19.5 Å². The van der Waals surface area contributed by atoms with E-state index in [1.54, 1.807) is 0 Å². The Kier molecular flexibility index (Phi) is 4.36. The number of ether oxygens (including phenoxy) is 2. The van der Waals surface area contributed by atoms with E-state index in [1.807, 2.05) is 44.2 Å². The van der Waals surface area contributed by atoms with E-state index in [0.29, 0.717) is 19.0 Å². The highest BCUT2D eigenvalue weighted by molar-refractivity contribution is 5.77. The normalized spacial score (nSPS) is 13.3. The van der Waals surface area contributed by atoms with Gasteiger partial charge >= 0.3 is 0 Å². The summed E-state index contributed by atoms with van der Waals surface area (Å²) in [6.07, 6.45) is -0.472. The molecule has 2 N–H and O–H groups in total. The van der Waals surface area contributed by atoms with E-state index >= 15 is 0 Å². The van der Waals surface area contributed by atoms with E-state index in [-0.39, 0.29) is 0 Å². The summed E-state index contributed by atoms with van der Waals surface area (Å²) in [4.78, 5) is 0. The van der Waals surface area contributed by atoms with Crippen LogP contribution in [0.1, 0.15) is 25.6 Å². The van der Waals surface area contributed by atoms with Gasteiger partial charge in [-0.1, -0.05) is 18.2 Å². The lowest BCUT2D eigenvalue weighted by Gasteiger charge is -2.21. The van der Waals surface area contributed by atoms with Crippen LogP contribution in [0.5, 0.6) is 0 Å². The van der Waals surface area contributed by atoms with Crippen LogP contribution < -0.4 is 5.73 Å². The molecule has 1 unspecified atom stereocenters. The molecule has 1 aromatic heterocycles. The third-order valence-corrected chi connectivity index (χ3v) is 2.73. The van der Waals surface area contributed by atoms with Crippen LogP contribution in [0.25, 0.3) is 11.0 Å². The molecule has 2 aromatic rings. The third-order valence-electron chi connectivity index (χ3n) is 2.73. The molecule has 18 heavy (non-hydrogen) atoms. The van der Waals surface area contributed by atoms with Gasteiger partial charge in [0.15, 0.2) is 6.29 Å². The average Bonchev–Trinajstić information content (AvgIpc) is 2.81. The van der Waals surface area contributed by atoms with Crippen LogP contribution in [0.2, 0.25) is 0 Å². The molecule has 1 aromatic carbocycles. The van der Waals surface area contributed by atoms with Crippen molar-refractivity contribution in [1.82, 2.24) is 0 Å². The maximum absolute atomic E-state index is 6.13. The summed E-state index contributed by atoms with van der Waals surface area (Å²) in [5.74, 6) is 0.683. The molecule has 0 radical (unpaired) electrons. The molecule has 1 atom stereocenters. The van der Waals surface area contributed by atoms with E-state index < -0.39 is 12.3 Å². The van der Waals surface area contributed by atoms with Gasteiger partial charge in [0.05, 0.1) is 0 Å². The fraction of sp³-hybridized carbons (Fsp3) is 0.429. The summed E-state index contributed by atoms with van der Waals surface area (Å²) >= 11 is 0. The predicted octanol–water partition coefficient (Wildman–Crippen LogP) is 2.83. The van der Waals surface area contributed by atoms with Crippen molar-refractivity contribution in [3.63, 3.8) is 0 Å². The number of rotatable bonds is 6. The highest BCUT2D eigenvalue weighted by atomic mass is 16.7. The van der Waals surface area contributed by atoms with Gasteiger partial charge in [-0.2, -0.15) is 0 Å². The zero-order valence-corrected chi connectivity index (χ0v) is 10.8. The second-order valence-electron chi connectivity index (χ2n) is 3.99. The molecule has 0 aliphatic heterocycles. The van der Waals surface area contributed by atoms with Crippen LogP contribution in [-0.2, 0) is 9.47 Å². The van der Waals surface area contributed by atoms with Gasteiger partial charge in [-0.05, 0) is 26.0 Å². The molecule has 0 spiro atoms. The minimum atomic E-state index is -0.472. The smallest absolute Gasteiger partial charge is 0.179 e. The van der Waals surface area contributed by atoms with Crippen LogP contribution in [0.3, 0.4) is 0 Å². The first kappa shape index (κ1) is 13.1. The first-order chi connectivity index (χ1) is 8.76. The molecule has 98 valence electrons. The summed E-state index contributed by atoms with van der Waals surface area (Å²) in [7, 11) is 0. The van der Waals surface area contributed by atoms with Gasteiger partial charge in [0.2, 0.25) is 0 Å². The zero-order chi connectivity index (χ0) is 13.0. The SMILES string of the molecule is CCOC(OCC)C(N)c1cc2ccccc2o1. The Labute approximate surface area is 107 Å². The van der Waals surface area contributed by atoms with Gasteiger partial charge in [0.1, 0.15) is 17.4 Å². The molecule has 0 saturated carbocycles. The highest BCUT2D eigenvalue weighted by Crippen LogP contribution is 2.25. The average molecular weight is 249 g/mol. The van der Waals surface area contributed by atoms with Crippen molar-refractivity contribution in [3.8, 4) is 0 Å². The number of nitrogens with two attached hydrogens (primary N) is 1. The molecule has 0 fully saturated rings. The molecular formula is C14H19NO3. The van der Waals surface area contributed by atoms with Gasteiger partial charge in [0, 0.05) is 18.6 Å². The number of benzene rings is 1. The van der Waals surface area contributed by atoms with Crippen molar-refractivity contribution >= 4 is 11.0 Å². The quantitative estimate of drug-likeness (QED) is 0.800. The lowest BCUT2D eigenvalue weighted by atomic mass is 10.2. The van der Waals surface area contributed by atoms with E-state index in [9.17, 15) is 0 Å². The van der Waals surface area contributed by atoms with Gasteiger partial charge in [-0.25, -0.2) is 0 Å². The number of para-hydroxylation sites is 1. The molecule has 1 heterocycles. The summed E-state index contributed by atoms with van der Waals surface area (Å²) in [6.45, 7) is 4.94. The van der Waals surface area contributed by atoms with E-state index in [1.165, 1.54) is 0 Å². The Hall–Kier alpha value is -1.36. The minimum absolute atomic E-state index is 0.419. The summed E-state index contributed by atoms with van der Waals surface area (Å²) in [5, 5.41) is 1.04. The molecule has 0 aliphatic carbocycles. The van der Waals surface area contributed by atoms with E-state index in [2.05, 4.69) is 0 Å². The Morgan fingerprint density at radius 2 is 1.83 bits per heavy atom. The van der Waals surface area contributed by atoms with Crippen LogP contribution in [0.15, 0.2) is 34.7 Å². The Balaban J connectivity index is 2.22.